The number of nitrogens with one attached hydrogen (secondary N) is 2. The summed E-state index contributed by atoms with van der Waals surface area (Å²) in [6.45, 7) is 1.05. The van der Waals surface area contributed by atoms with Gasteiger partial charge in [-0.3, -0.25) is 0 Å². The molecule has 0 aliphatic carbocycles. The molecule has 2 aromatic heterocycles. The number of fused-ring (bicyclic) bond motifs is 1. The van der Waals surface area contributed by atoms with E-state index in [4.69, 9.17) is 11.6 Å². The molecule has 7 heteroatoms. The monoisotopic (exact) mass is 476 g/mol. The van der Waals surface area contributed by atoms with Crippen LogP contribution in [0.3, 0.4) is 0 Å². The molecule has 0 bridgehead atoms. The van der Waals surface area contributed by atoms with E-state index in [1.807, 2.05) is 30.3 Å². The van der Waals surface area contributed by atoms with Crippen molar-refractivity contribution in [2.24, 2.45) is 0 Å². The van der Waals surface area contributed by atoms with Crippen LogP contribution in [0.2, 0.25) is 5.02 Å². The van der Waals surface area contributed by atoms with E-state index >= 15 is 0 Å². The summed E-state index contributed by atoms with van der Waals surface area (Å²) in [4.78, 5) is 12.0. The van der Waals surface area contributed by atoms with Gasteiger partial charge in [-0.25, -0.2) is 9.97 Å². The number of halogens is 1. The predicted octanol–water partition coefficient (Wildman–Crippen LogP) is 6.48. The van der Waals surface area contributed by atoms with Gasteiger partial charge in [0.15, 0.2) is 0 Å². The first-order chi connectivity index (χ1) is 15.7. The van der Waals surface area contributed by atoms with E-state index in [1.165, 1.54) is 11.3 Å². The largest absolute Gasteiger partial charge is 0.340 e. The molecule has 160 valence electrons. The van der Waals surface area contributed by atoms with Crippen LogP contribution in [0.25, 0.3) is 10.2 Å². The quantitative estimate of drug-likeness (QED) is 0.255. The third-order valence-corrected chi connectivity index (χ3v) is 7.58. The Balaban J connectivity index is 1.32. The first-order valence-corrected chi connectivity index (χ1v) is 12.7. The molecule has 1 fully saturated rings. The minimum atomic E-state index is 0.296. The highest BCUT2D eigenvalue weighted by Crippen LogP contribution is 2.32. The maximum atomic E-state index is 6.58. The lowest BCUT2D eigenvalue weighted by atomic mass is 10.2. The van der Waals surface area contributed by atoms with Gasteiger partial charge in [-0.05, 0) is 55.3 Å². The van der Waals surface area contributed by atoms with Gasteiger partial charge in [0.2, 0.25) is 0 Å². The molecule has 1 saturated heterocycles. The van der Waals surface area contributed by atoms with Gasteiger partial charge in [0, 0.05) is 21.4 Å². The third kappa shape index (κ3) is 5.08. The van der Waals surface area contributed by atoms with Crippen LogP contribution in [0, 0.1) is 11.8 Å². The van der Waals surface area contributed by atoms with E-state index in [-0.39, 0.29) is 0 Å². The van der Waals surface area contributed by atoms with Crippen molar-refractivity contribution >= 4 is 56.4 Å². The van der Waals surface area contributed by atoms with Crippen LogP contribution in [0.4, 0.5) is 11.5 Å². The van der Waals surface area contributed by atoms with Gasteiger partial charge in [-0.15, -0.1) is 23.1 Å². The van der Waals surface area contributed by atoms with Crippen molar-refractivity contribution in [2.75, 3.05) is 11.9 Å². The van der Waals surface area contributed by atoms with Gasteiger partial charge in [0.05, 0.1) is 16.3 Å². The number of nitrogens with zero attached hydrogens (tertiary/aromatic N) is 2. The Morgan fingerprint density at radius 3 is 2.88 bits per heavy atom. The highest BCUT2D eigenvalue weighted by atomic mass is 35.5. The topological polar surface area (TPSA) is 49.8 Å². The van der Waals surface area contributed by atoms with E-state index < -0.39 is 0 Å². The molecule has 0 saturated carbocycles. The molecule has 1 aliphatic rings. The third-order valence-electron chi connectivity index (χ3n) is 5.21. The standard InChI is InChI=1S/C25H21ClN4S2/c26-23-13-19(9-8-17(23)15-31-20-6-2-1-3-7-20)30-24-22-14-21(32-25(22)29-16-28-24)11-10-18-5-4-12-27-18/h1-3,6-9,13-14,16,18,27H,4-5,12,15H2,(H,28,29,30)/t18-/m1/s1. The Morgan fingerprint density at radius 2 is 2.06 bits per heavy atom. The predicted molar refractivity (Wildman–Crippen MR) is 136 cm³/mol. The molecule has 0 spiro atoms. The Kier molecular flexibility index (Phi) is 6.61. The van der Waals surface area contributed by atoms with Gasteiger partial charge in [0.25, 0.3) is 0 Å². The Labute approximate surface area is 200 Å². The molecule has 4 nitrogen and oxygen atoms in total. The molecular formula is C25H21ClN4S2. The van der Waals surface area contributed by atoms with Crippen LogP contribution in [0.1, 0.15) is 23.3 Å². The highest BCUT2D eigenvalue weighted by molar-refractivity contribution is 7.98. The lowest BCUT2D eigenvalue weighted by Gasteiger charge is -2.10. The molecule has 5 rings (SSSR count). The van der Waals surface area contributed by atoms with Crippen molar-refractivity contribution in [2.45, 2.75) is 29.5 Å². The van der Waals surface area contributed by atoms with Crippen LogP contribution in [0.5, 0.6) is 0 Å². The summed E-state index contributed by atoms with van der Waals surface area (Å²) < 4.78 is 0. The summed E-state index contributed by atoms with van der Waals surface area (Å²) in [5.74, 6) is 8.21. The molecule has 0 radical (unpaired) electrons. The molecule has 1 atom stereocenters. The fraction of sp³-hybridized carbons (Fsp3) is 0.200. The maximum absolute atomic E-state index is 6.58. The van der Waals surface area contributed by atoms with E-state index in [2.05, 4.69) is 56.7 Å². The zero-order valence-corrected chi connectivity index (χ0v) is 19.7. The fourth-order valence-corrected chi connectivity index (χ4v) is 5.65. The van der Waals surface area contributed by atoms with E-state index in [1.54, 1.807) is 29.4 Å². The Morgan fingerprint density at radius 1 is 1.16 bits per heavy atom. The molecule has 3 heterocycles. The number of hydrogen-bond acceptors (Lipinski definition) is 6. The summed E-state index contributed by atoms with van der Waals surface area (Å²) >= 11 is 9.95. The first-order valence-electron chi connectivity index (χ1n) is 10.5. The summed E-state index contributed by atoms with van der Waals surface area (Å²) in [7, 11) is 0. The number of hydrogen-bond donors (Lipinski definition) is 2. The zero-order chi connectivity index (χ0) is 21.8. The zero-order valence-electron chi connectivity index (χ0n) is 17.3. The summed E-state index contributed by atoms with van der Waals surface area (Å²) in [5, 5.41) is 8.53. The second-order valence-corrected chi connectivity index (χ2v) is 9.99. The second-order valence-electron chi connectivity index (χ2n) is 7.50. The van der Waals surface area contributed by atoms with Gasteiger partial charge >= 0.3 is 0 Å². The van der Waals surface area contributed by atoms with Gasteiger partial charge in [-0.1, -0.05) is 47.7 Å². The molecule has 1 aliphatic heterocycles. The summed E-state index contributed by atoms with van der Waals surface area (Å²) in [6.07, 6.45) is 3.89. The average molecular weight is 477 g/mol. The molecule has 4 aromatic rings. The summed E-state index contributed by atoms with van der Waals surface area (Å²) in [5.41, 5.74) is 2.00. The minimum absolute atomic E-state index is 0.296. The lowest BCUT2D eigenvalue weighted by Crippen LogP contribution is -2.18. The van der Waals surface area contributed by atoms with Crippen molar-refractivity contribution in [1.82, 2.24) is 15.3 Å². The Hall–Kier alpha value is -2.56. The van der Waals surface area contributed by atoms with Crippen LogP contribution in [-0.2, 0) is 5.75 Å². The minimum Gasteiger partial charge on any atom is -0.340 e. The first kappa shape index (κ1) is 21.3. The molecule has 0 unspecified atom stereocenters. The SMILES string of the molecule is Clc1cc(Nc2ncnc3sc(C#C[C@H]4CCCN4)cc23)ccc1CSc1ccccc1. The van der Waals surface area contributed by atoms with Gasteiger partial charge in [0.1, 0.15) is 17.0 Å². The molecule has 32 heavy (non-hydrogen) atoms. The number of aromatic nitrogens is 2. The smallest absolute Gasteiger partial charge is 0.142 e. The number of benzene rings is 2. The van der Waals surface area contributed by atoms with Crippen molar-refractivity contribution < 1.29 is 0 Å². The van der Waals surface area contributed by atoms with Gasteiger partial charge < -0.3 is 10.6 Å². The fourth-order valence-electron chi connectivity index (χ4n) is 3.54. The second kappa shape index (κ2) is 9.93. The van der Waals surface area contributed by atoms with Crippen LogP contribution in [-0.4, -0.2) is 22.6 Å². The molecule has 0 amide bonds. The highest BCUT2D eigenvalue weighted by Gasteiger charge is 2.12. The number of rotatable bonds is 5. The average Bonchev–Trinajstić information content (AvgIpc) is 3.48. The normalized spacial score (nSPS) is 15.5. The van der Waals surface area contributed by atoms with Crippen LogP contribution >= 0.6 is 34.7 Å². The maximum Gasteiger partial charge on any atom is 0.142 e. The van der Waals surface area contributed by atoms with Crippen LogP contribution < -0.4 is 10.6 Å². The molecule has 2 N–H and O–H groups in total. The van der Waals surface area contributed by atoms with Crippen molar-refractivity contribution in [3.05, 3.63) is 76.4 Å². The Bertz CT molecular complexity index is 1290. The number of thioether (sulfide) groups is 1. The van der Waals surface area contributed by atoms with E-state index in [0.29, 0.717) is 6.04 Å². The van der Waals surface area contributed by atoms with Crippen molar-refractivity contribution in [1.29, 1.82) is 0 Å². The van der Waals surface area contributed by atoms with Crippen molar-refractivity contribution in [3.8, 4) is 11.8 Å². The van der Waals surface area contributed by atoms with E-state index in [0.717, 1.165) is 55.9 Å². The van der Waals surface area contributed by atoms with Crippen molar-refractivity contribution in [3.63, 3.8) is 0 Å². The molecular weight excluding hydrogens is 456 g/mol. The van der Waals surface area contributed by atoms with E-state index in [9.17, 15) is 0 Å². The summed E-state index contributed by atoms with van der Waals surface area (Å²) in [6, 6.07) is 18.8. The van der Waals surface area contributed by atoms with Gasteiger partial charge in [-0.2, -0.15) is 0 Å². The number of thiophene rings is 1. The molecule has 2 aromatic carbocycles. The van der Waals surface area contributed by atoms with Crippen LogP contribution in [0.15, 0.2) is 65.8 Å². The lowest BCUT2D eigenvalue weighted by molar-refractivity contribution is 0.749. The number of anilines is 2.